The van der Waals surface area contributed by atoms with Gasteiger partial charge < -0.3 is 18.8 Å². The molecule has 5 nitrogen and oxygen atoms in total. The molecule has 0 radical (unpaired) electrons. The van der Waals surface area contributed by atoms with Crippen molar-refractivity contribution in [2.45, 2.75) is 6.61 Å². The van der Waals surface area contributed by atoms with Gasteiger partial charge in [0.1, 0.15) is 31.1 Å². The molecule has 0 saturated heterocycles. The zero-order valence-corrected chi connectivity index (χ0v) is 13.3. The standard InChI is InChI=1S/C17H15ClN2O3/c1-20-10-19-16-13(20)3-2-4-14(16)23-9-11-7-12(18)17-15(8-11)21-5-6-22-17/h2-4,7-8,10H,5-6,9H2,1H3. The van der Waals surface area contributed by atoms with Crippen molar-refractivity contribution < 1.29 is 14.2 Å². The molecule has 1 aliphatic rings. The number of fused-ring (bicyclic) bond motifs is 2. The molecule has 2 heterocycles. The maximum Gasteiger partial charge on any atom is 0.179 e. The molecule has 0 aliphatic carbocycles. The van der Waals surface area contributed by atoms with Crippen molar-refractivity contribution in [2.75, 3.05) is 13.2 Å². The minimum atomic E-state index is 0.381. The topological polar surface area (TPSA) is 45.5 Å². The molecule has 6 heteroatoms. The number of hydrogen-bond donors (Lipinski definition) is 0. The SMILES string of the molecule is Cn1cnc2c(OCc3cc(Cl)c4c(c3)OCCO4)cccc21. The predicted molar refractivity (Wildman–Crippen MR) is 87.5 cm³/mol. The van der Waals surface area contributed by atoms with Crippen molar-refractivity contribution in [2.24, 2.45) is 7.05 Å². The van der Waals surface area contributed by atoms with E-state index in [1.807, 2.05) is 41.9 Å². The highest BCUT2D eigenvalue weighted by molar-refractivity contribution is 6.32. The number of ether oxygens (including phenoxy) is 3. The number of para-hydroxylation sites is 1. The van der Waals surface area contributed by atoms with Gasteiger partial charge in [0.2, 0.25) is 0 Å². The number of nitrogens with zero attached hydrogens (tertiary/aromatic N) is 2. The monoisotopic (exact) mass is 330 g/mol. The normalized spacial score (nSPS) is 13.3. The summed E-state index contributed by atoms with van der Waals surface area (Å²) in [5.41, 5.74) is 2.80. The molecule has 1 aromatic heterocycles. The average Bonchev–Trinajstić information content (AvgIpc) is 2.95. The minimum Gasteiger partial charge on any atom is -0.487 e. The minimum absolute atomic E-state index is 0.381. The Morgan fingerprint density at radius 3 is 3.04 bits per heavy atom. The summed E-state index contributed by atoms with van der Waals surface area (Å²) < 4.78 is 19.0. The molecule has 118 valence electrons. The fourth-order valence-corrected chi connectivity index (χ4v) is 2.94. The number of aryl methyl sites for hydroxylation is 1. The number of imidazole rings is 1. The molecule has 0 spiro atoms. The molecule has 0 saturated carbocycles. The van der Waals surface area contributed by atoms with E-state index in [2.05, 4.69) is 4.98 Å². The van der Waals surface area contributed by atoms with Gasteiger partial charge >= 0.3 is 0 Å². The predicted octanol–water partition coefficient (Wildman–Crippen LogP) is 3.58. The van der Waals surface area contributed by atoms with E-state index in [0.29, 0.717) is 36.3 Å². The molecule has 0 N–H and O–H groups in total. The Balaban J connectivity index is 1.60. The van der Waals surface area contributed by atoms with Gasteiger partial charge in [0.15, 0.2) is 11.5 Å². The summed E-state index contributed by atoms with van der Waals surface area (Å²) in [6, 6.07) is 9.62. The number of hydrogen-bond acceptors (Lipinski definition) is 4. The number of benzene rings is 2. The molecule has 0 bridgehead atoms. The van der Waals surface area contributed by atoms with E-state index in [9.17, 15) is 0 Å². The van der Waals surface area contributed by atoms with Gasteiger partial charge in [-0.2, -0.15) is 0 Å². The summed E-state index contributed by atoms with van der Waals surface area (Å²) in [6.45, 7) is 1.43. The molecule has 4 rings (SSSR count). The molecule has 23 heavy (non-hydrogen) atoms. The van der Waals surface area contributed by atoms with Crippen molar-refractivity contribution in [3.8, 4) is 17.2 Å². The second-order valence-electron chi connectivity index (χ2n) is 5.37. The summed E-state index contributed by atoms with van der Waals surface area (Å²) in [6.07, 6.45) is 1.78. The van der Waals surface area contributed by atoms with Gasteiger partial charge in [-0.05, 0) is 29.8 Å². The fourth-order valence-electron chi connectivity index (χ4n) is 2.66. The molecule has 0 amide bonds. The number of halogens is 1. The zero-order valence-electron chi connectivity index (χ0n) is 12.6. The van der Waals surface area contributed by atoms with Gasteiger partial charge in [0, 0.05) is 7.05 Å². The second kappa shape index (κ2) is 5.66. The Morgan fingerprint density at radius 2 is 2.13 bits per heavy atom. The van der Waals surface area contributed by atoms with E-state index in [0.717, 1.165) is 22.3 Å². The molecule has 1 aliphatic heterocycles. The third-order valence-corrected chi connectivity index (χ3v) is 4.05. The van der Waals surface area contributed by atoms with Crippen LogP contribution < -0.4 is 14.2 Å². The third-order valence-electron chi connectivity index (χ3n) is 3.77. The van der Waals surface area contributed by atoms with Gasteiger partial charge in [0.25, 0.3) is 0 Å². The first-order valence-electron chi connectivity index (χ1n) is 7.33. The van der Waals surface area contributed by atoms with Crippen LogP contribution in [0.2, 0.25) is 5.02 Å². The first-order chi connectivity index (χ1) is 11.2. The highest BCUT2D eigenvalue weighted by atomic mass is 35.5. The maximum atomic E-state index is 6.25. The van der Waals surface area contributed by atoms with Crippen molar-refractivity contribution in [3.05, 3.63) is 47.2 Å². The molecular formula is C17H15ClN2O3. The lowest BCUT2D eigenvalue weighted by Crippen LogP contribution is -2.16. The lowest BCUT2D eigenvalue weighted by atomic mass is 10.2. The maximum absolute atomic E-state index is 6.25. The van der Waals surface area contributed by atoms with Gasteiger partial charge in [-0.15, -0.1) is 0 Å². The first-order valence-corrected chi connectivity index (χ1v) is 7.71. The van der Waals surface area contributed by atoms with Crippen LogP contribution in [0.4, 0.5) is 0 Å². The second-order valence-corrected chi connectivity index (χ2v) is 5.78. The van der Waals surface area contributed by atoms with Gasteiger partial charge in [-0.25, -0.2) is 4.98 Å². The largest absolute Gasteiger partial charge is 0.487 e. The summed E-state index contributed by atoms with van der Waals surface area (Å²) >= 11 is 6.25. The Morgan fingerprint density at radius 1 is 1.26 bits per heavy atom. The Bertz CT molecular complexity index is 876. The van der Waals surface area contributed by atoms with Crippen LogP contribution >= 0.6 is 11.6 Å². The third kappa shape index (κ3) is 2.57. The Labute approximate surface area is 138 Å². The van der Waals surface area contributed by atoms with Gasteiger partial charge in [0.05, 0.1) is 16.9 Å². The number of aromatic nitrogens is 2. The van der Waals surface area contributed by atoms with Crippen LogP contribution in [0.3, 0.4) is 0 Å². The molecule has 0 atom stereocenters. The fraction of sp³-hybridized carbons (Fsp3) is 0.235. The van der Waals surface area contributed by atoms with E-state index >= 15 is 0 Å². The van der Waals surface area contributed by atoms with E-state index in [4.69, 9.17) is 25.8 Å². The smallest absolute Gasteiger partial charge is 0.179 e. The summed E-state index contributed by atoms with van der Waals surface area (Å²) in [5, 5.41) is 0.539. The van der Waals surface area contributed by atoms with Crippen molar-refractivity contribution >= 4 is 22.6 Å². The van der Waals surface area contributed by atoms with E-state index in [1.54, 1.807) is 6.33 Å². The zero-order chi connectivity index (χ0) is 15.8. The summed E-state index contributed by atoms with van der Waals surface area (Å²) in [7, 11) is 1.96. The van der Waals surface area contributed by atoms with Crippen LogP contribution in [0.1, 0.15) is 5.56 Å². The van der Waals surface area contributed by atoms with Crippen molar-refractivity contribution in [3.63, 3.8) is 0 Å². The van der Waals surface area contributed by atoms with Crippen LogP contribution in [0.5, 0.6) is 17.2 Å². The van der Waals surface area contributed by atoms with E-state index in [-0.39, 0.29) is 0 Å². The highest BCUT2D eigenvalue weighted by Crippen LogP contribution is 2.38. The van der Waals surface area contributed by atoms with Crippen LogP contribution in [-0.2, 0) is 13.7 Å². The Hall–Kier alpha value is -2.40. The first kappa shape index (κ1) is 14.2. The van der Waals surface area contributed by atoms with E-state index < -0.39 is 0 Å². The lowest BCUT2D eigenvalue weighted by molar-refractivity contribution is 0.171. The van der Waals surface area contributed by atoms with Crippen molar-refractivity contribution in [1.29, 1.82) is 0 Å². The lowest BCUT2D eigenvalue weighted by Gasteiger charge is -2.20. The van der Waals surface area contributed by atoms with Gasteiger partial charge in [-0.1, -0.05) is 17.7 Å². The molecular weight excluding hydrogens is 316 g/mol. The molecule has 0 unspecified atom stereocenters. The molecule has 2 aromatic carbocycles. The van der Waals surface area contributed by atoms with E-state index in [1.165, 1.54) is 0 Å². The van der Waals surface area contributed by atoms with Crippen LogP contribution in [0, 0.1) is 0 Å². The summed E-state index contributed by atoms with van der Waals surface area (Å²) in [5.74, 6) is 2.01. The highest BCUT2D eigenvalue weighted by Gasteiger charge is 2.17. The molecule has 0 fully saturated rings. The van der Waals surface area contributed by atoms with Gasteiger partial charge in [-0.3, -0.25) is 0 Å². The van der Waals surface area contributed by atoms with Crippen LogP contribution in [0.25, 0.3) is 11.0 Å². The quantitative estimate of drug-likeness (QED) is 0.736. The average molecular weight is 331 g/mol. The summed E-state index contributed by atoms with van der Waals surface area (Å²) in [4.78, 5) is 4.39. The van der Waals surface area contributed by atoms with Crippen LogP contribution in [-0.4, -0.2) is 22.8 Å². The van der Waals surface area contributed by atoms with Crippen LogP contribution in [0.15, 0.2) is 36.7 Å². The molecule has 3 aromatic rings. The Kier molecular flexibility index (Phi) is 3.50. The number of rotatable bonds is 3. The van der Waals surface area contributed by atoms with Crippen molar-refractivity contribution in [1.82, 2.24) is 9.55 Å².